The van der Waals surface area contributed by atoms with Gasteiger partial charge in [-0.15, -0.1) is 0 Å². The van der Waals surface area contributed by atoms with Gasteiger partial charge in [0.2, 0.25) is 0 Å². The highest BCUT2D eigenvalue weighted by atomic mass is 16.4. The van der Waals surface area contributed by atoms with Crippen molar-refractivity contribution in [2.45, 2.75) is 32.7 Å². The van der Waals surface area contributed by atoms with Crippen molar-refractivity contribution >= 4 is 12.0 Å². The molecule has 0 spiro atoms. The number of amides is 2. The minimum absolute atomic E-state index is 0.158. The number of pyridine rings is 1. The zero-order valence-corrected chi connectivity index (χ0v) is 16.3. The van der Waals surface area contributed by atoms with Gasteiger partial charge in [-0.2, -0.15) is 0 Å². The zero-order chi connectivity index (χ0) is 20.1. The van der Waals surface area contributed by atoms with E-state index in [1.54, 1.807) is 11.1 Å². The van der Waals surface area contributed by atoms with Gasteiger partial charge < -0.3 is 15.3 Å². The molecular weight excluding hydrogens is 354 g/mol. The molecule has 0 bridgehead atoms. The number of carboxylic acid groups (broad SMARTS) is 1. The van der Waals surface area contributed by atoms with E-state index in [-0.39, 0.29) is 24.5 Å². The molecule has 2 amide bonds. The Balaban J connectivity index is 1.76. The number of aromatic nitrogens is 1. The van der Waals surface area contributed by atoms with Gasteiger partial charge >= 0.3 is 12.0 Å². The molecule has 2 heterocycles. The van der Waals surface area contributed by atoms with Crippen LogP contribution in [0.25, 0.3) is 0 Å². The molecule has 148 valence electrons. The number of likely N-dealkylation sites (tertiary alicyclic amines) is 1. The van der Waals surface area contributed by atoms with Gasteiger partial charge in [0.15, 0.2) is 0 Å². The SMILES string of the molecule is Cc1ccc(CC(NC(=O)N2CC(C)CC(C(=O)O)C2)c2ccccn2)cc1. The summed E-state index contributed by atoms with van der Waals surface area (Å²) in [5.74, 6) is -1.20. The lowest BCUT2D eigenvalue weighted by Gasteiger charge is -2.35. The van der Waals surface area contributed by atoms with Crippen LogP contribution in [0.3, 0.4) is 0 Å². The smallest absolute Gasteiger partial charge is 0.317 e. The summed E-state index contributed by atoms with van der Waals surface area (Å²) >= 11 is 0. The number of aliphatic carboxylic acids is 1. The lowest BCUT2D eigenvalue weighted by atomic mass is 9.91. The van der Waals surface area contributed by atoms with Gasteiger partial charge in [0.25, 0.3) is 0 Å². The van der Waals surface area contributed by atoms with E-state index in [0.717, 1.165) is 11.3 Å². The van der Waals surface area contributed by atoms with Crippen LogP contribution < -0.4 is 5.32 Å². The van der Waals surface area contributed by atoms with Crippen molar-refractivity contribution in [3.05, 3.63) is 65.5 Å². The summed E-state index contributed by atoms with van der Waals surface area (Å²) in [4.78, 5) is 30.4. The normalized spacial score (nSPS) is 20.4. The Morgan fingerprint density at radius 3 is 2.61 bits per heavy atom. The summed E-state index contributed by atoms with van der Waals surface area (Å²) < 4.78 is 0. The molecule has 1 fully saturated rings. The number of carboxylic acids is 1. The van der Waals surface area contributed by atoms with Crippen molar-refractivity contribution in [2.24, 2.45) is 11.8 Å². The molecule has 6 heteroatoms. The summed E-state index contributed by atoms with van der Waals surface area (Å²) in [6, 6.07) is 13.3. The maximum Gasteiger partial charge on any atom is 0.317 e. The van der Waals surface area contributed by atoms with Crippen molar-refractivity contribution in [3.8, 4) is 0 Å². The van der Waals surface area contributed by atoms with Crippen LogP contribution in [0.5, 0.6) is 0 Å². The van der Waals surface area contributed by atoms with E-state index in [2.05, 4.69) is 34.6 Å². The van der Waals surface area contributed by atoms with Crippen molar-refractivity contribution in [2.75, 3.05) is 13.1 Å². The molecule has 6 nitrogen and oxygen atoms in total. The molecule has 3 unspecified atom stereocenters. The number of nitrogens with one attached hydrogen (secondary N) is 1. The van der Waals surface area contributed by atoms with Crippen LogP contribution in [0.15, 0.2) is 48.7 Å². The van der Waals surface area contributed by atoms with E-state index in [1.807, 2.05) is 32.0 Å². The van der Waals surface area contributed by atoms with Crippen molar-refractivity contribution in [1.82, 2.24) is 15.2 Å². The third-order valence-corrected chi connectivity index (χ3v) is 5.20. The van der Waals surface area contributed by atoms with E-state index in [4.69, 9.17) is 0 Å². The molecule has 2 aromatic rings. The van der Waals surface area contributed by atoms with Crippen LogP contribution in [-0.4, -0.2) is 40.1 Å². The van der Waals surface area contributed by atoms with Gasteiger partial charge in [-0.25, -0.2) is 4.79 Å². The average Bonchev–Trinajstić information content (AvgIpc) is 2.69. The van der Waals surface area contributed by atoms with Gasteiger partial charge in [-0.3, -0.25) is 9.78 Å². The maximum atomic E-state index is 12.9. The molecule has 0 saturated carbocycles. The second-order valence-corrected chi connectivity index (χ2v) is 7.73. The van der Waals surface area contributed by atoms with Gasteiger partial charge in [-0.05, 0) is 43.4 Å². The van der Waals surface area contributed by atoms with Gasteiger partial charge in [0.1, 0.15) is 0 Å². The van der Waals surface area contributed by atoms with E-state index in [1.165, 1.54) is 5.56 Å². The Morgan fingerprint density at radius 2 is 1.96 bits per heavy atom. The molecule has 1 saturated heterocycles. The van der Waals surface area contributed by atoms with Crippen LogP contribution in [0.4, 0.5) is 4.79 Å². The third kappa shape index (κ3) is 5.09. The highest BCUT2D eigenvalue weighted by Crippen LogP contribution is 2.23. The molecule has 3 rings (SSSR count). The lowest BCUT2D eigenvalue weighted by molar-refractivity contribution is -0.143. The fraction of sp³-hybridized carbons (Fsp3) is 0.409. The van der Waals surface area contributed by atoms with Crippen molar-refractivity contribution in [1.29, 1.82) is 0 Å². The largest absolute Gasteiger partial charge is 0.481 e. The molecule has 1 aromatic carbocycles. The molecule has 28 heavy (non-hydrogen) atoms. The summed E-state index contributed by atoms with van der Waals surface area (Å²) in [5, 5.41) is 12.4. The minimum Gasteiger partial charge on any atom is -0.481 e. The number of hydrogen-bond acceptors (Lipinski definition) is 3. The predicted octanol–water partition coefficient (Wildman–Crippen LogP) is 3.43. The standard InChI is InChI=1S/C22H27N3O3/c1-15-6-8-17(9-7-15)12-20(19-5-3-4-10-23-19)24-22(28)25-13-16(2)11-18(14-25)21(26)27/h3-10,16,18,20H,11-14H2,1-2H3,(H,24,28)(H,26,27). The molecule has 0 radical (unpaired) electrons. The van der Waals surface area contributed by atoms with E-state index >= 15 is 0 Å². The van der Waals surface area contributed by atoms with Crippen LogP contribution in [0.1, 0.15) is 36.2 Å². The number of carbonyl (C=O) groups is 2. The molecule has 1 aromatic heterocycles. The zero-order valence-electron chi connectivity index (χ0n) is 16.3. The fourth-order valence-electron chi connectivity index (χ4n) is 3.71. The Labute approximate surface area is 165 Å². The van der Waals surface area contributed by atoms with Crippen LogP contribution in [0.2, 0.25) is 0 Å². The molecule has 0 aliphatic carbocycles. The highest BCUT2D eigenvalue weighted by Gasteiger charge is 2.32. The number of hydrogen-bond donors (Lipinski definition) is 2. The van der Waals surface area contributed by atoms with Crippen LogP contribution in [-0.2, 0) is 11.2 Å². The second kappa shape index (κ2) is 8.87. The Bertz CT molecular complexity index is 808. The number of nitrogens with zero attached hydrogens (tertiary/aromatic N) is 2. The van der Waals surface area contributed by atoms with E-state index in [9.17, 15) is 14.7 Å². The number of rotatable bonds is 5. The topological polar surface area (TPSA) is 82.5 Å². The predicted molar refractivity (Wildman–Crippen MR) is 107 cm³/mol. The Kier molecular flexibility index (Phi) is 6.29. The summed E-state index contributed by atoms with van der Waals surface area (Å²) in [6.07, 6.45) is 2.94. The molecule has 2 N–H and O–H groups in total. The summed E-state index contributed by atoms with van der Waals surface area (Å²) in [5.41, 5.74) is 3.08. The number of aryl methyl sites for hydroxylation is 1. The first-order valence-electron chi connectivity index (χ1n) is 9.67. The van der Waals surface area contributed by atoms with E-state index < -0.39 is 11.9 Å². The quantitative estimate of drug-likeness (QED) is 0.831. The minimum atomic E-state index is -0.842. The first kappa shape index (κ1) is 19.9. The summed E-state index contributed by atoms with van der Waals surface area (Å²) in [6.45, 7) is 4.83. The van der Waals surface area contributed by atoms with Gasteiger partial charge in [0, 0.05) is 19.3 Å². The summed E-state index contributed by atoms with van der Waals surface area (Å²) in [7, 11) is 0. The Morgan fingerprint density at radius 1 is 1.21 bits per heavy atom. The van der Waals surface area contributed by atoms with Crippen LogP contribution >= 0.6 is 0 Å². The molecule has 3 atom stereocenters. The lowest BCUT2D eigenvalue weighted by Crippen LogP contribution is -2.50. The molecular formula is C22H27N3O3. The Hall–Kier alpha value is -2.89. The number of piperidine rings is 1. The number of benzene rings is 1. The van der Waals surface area contributed by atoms with Gasteiger partial charge in [-0.1, -0.05) is 42.8 Å². The monoisotopic (exact) mass is 381 g/mol. The van der Waals surface area contributed by atoms with Crippen molar-refractivity contribution < 1.29 is 14.7 Å². The van der Waals surface area contributed by atoms with Crippen molar-refractivity contribution in [3.63, 3.8) is 0 Å². The first-order chi connectivity index (χ1) is 13.4. The molecule has 1 aliphatic rings. The fourth-order valence-corrected chi connectivity index (χ4v) is 3.71. The maximum absolute atomic E-state index is 12.9. The highest BCUT2D eigenvalue weighted by molar-refractivity contribution is 5.77. The first-order valence-corrected chi connectivity index (χ1v) is 9.67. The second-order valence-electron chi connectivity index (χ2n) is 7.73. The number of urea groups is 1. The molecule has 1 aliphatic heterocycles. The van der Waals surface area contributed by atoms with E-state index in [0.29, 0.717) is 19.4 Å². The van der Waals surface area contributed by atoms with Gasteiger partial charge in [0.05, 0.1) is 17.7 Å². The van der Waals surface area contributed by atoms with Crippen LogP contribution in [0, 0.1) is 18.8 Å². The number of carbonyl (C=O) groups excluding carboxylic acids is 1. The third-order valence-electron chi connectivity index (χ3n) is 5.20. The average molecular weight is 381 g/mol.